The molecule has 0 heterocycles. The van der Waals surface area contributed by atoms with Crippen molar-refractivity contribution in [1.82, 2.24) is 10.2 Å². The summed E-state index contributed by atoms with van der Waals surface area (Å²) in [6, 6.07) is 0.459. The van der Waals surface area contributed by atoms with Crippen LogP contribution in [0.2, 0.25) is 0 Å². The number of hydrogen-bond acceptors (Lipinski definition) is 3. The van der Waals surface area contributed by atoms with Gasteiger partial charge in [-0.25, -0.2) is 4.79 Å². The lowest BCUT2D eigenvalue weighted by Gasteiger charge is -2.36. The molecule has 1 aliphatic carbocycles. The molecule has 1 unspecified atom stereocenters. The minimum absolute atomic E-state index is 0.124. The minimum Gasteiger partial charge on any atom is -0.444 e. The topological polar surface area (TPSA) is 41.6 Å². The summed E-state index contributed by atoms with van der Waals surface area (Å²) in [7, 11) is 4.10. The van der Waals surface area contributed by atoms with Gasteiger partial charge in [-0.1, -0.05) is 11.6 Å². The van der Waals surface area contributed by atoms with E-state index in [1.165, 1.54) is 5.57 Å². The highest BCUT2D eigenvalue weighted by Gasteiger charge is 2.29. The number of amides is 1. The SMILES string of the molecule is CC1=CCC(NC(=O)OC(C)(C)C)[C@@H](N(C)C)C1. The van der Waals surface area contributed by atoms with Gasteiger partial charge in [-0.3, -0.25) is 0 Å². The van der Waals surface area contributed by atoms with E-state index in [0.29, 0.717) is 6.04 Å². The van der Waals surface area contributed by atoms with Gasteiger partial charge < -0.3 is 15.0 Å². The van der Waals surface area contributed by atoms with Crippen LogP contribution in [0.5, 0.6) is 0 Å². The van der Waals surface area contributed by atoms with Crippen LogP contribution in [0.25, 0.3) is 0 Å². The van der Waals surface area contributed by atoms with Gasteiger partial charge >= 0.3 is 6.09 Å². The largest absolute Gasteiger partial charge is 0.444 e. The number of nitrogens with zero attached hydrogens (tertiary/aromatic N) is 1. The molecule has 0 fully saturated rings. The summed E-state index contributed by atoms with van der Waals surface area (Å²) in [5, 5.41) is 2.98. The molecule has 4 heteroatoms. The number of carbonyl (C=O) groups excluding carboxylic acids is 1. The maximum absolute atomic E-state index is 11.8. The quantitative estimate of drug-likeness (QED) is 0.770. The highest BCUT2D eigenvalue weighted by Crippen LogP contribution is 2.22. The molecule has 0 bridgehead atoms. The van der Waals surface area contributed by atoms with Gasteiger partial charge in [-0.05, 0) is 54.6 Å². The van der Waals surface area contributed by atoms with E-state index in [-0.39, 0.29) is 12.1 Å². The molecule has 104 valence electrons. The number of nitrogens with one attached hydrogen (secondary N) is 1. The highest BCUT2D eigenvalue weighted by atomic mass is 16.6. The second kappa shape index (κ2) is 5.74. The number of likely N-dealkylation sites (N-methyl/N-ethyl adjacent to an activating group) is 1. The van der Waals surface area contributed by atoms with Crippen LogP contribution in [0.1, 0.15) is 40.5 Å². The first kappa shape index (κ1) is 15.0. The van der Waals surface area contributed by atoms with Gasteiger partial charge in [0.25, 0.3) is 0 Å². The Labute approximate surface area is 110 Å². The monoisotopic (exact) mass is 254 g/mol. The predicted molar refractivity (Wildman–Crippen MR) is 73.6 cm³/mol. The van der Waals surface area contributed by atoms with Crippen LogP contribution in [0.15, 0.2) is 11.6 Å². The molecule has 0 aliphatic heterocycles. The van der Waals surface area contributed by atoms with Crippen molar-refractivity contribution in [3.63, 3.8) is 0 Å². The van der Waals surface area contributed by atoms with Gasteiger partial charge in [-0.2, -0.15) is 0 Å². The summed E-state index contributed by atoms with van der Waals surface area (Å²) in [5.41, 5.74) is 0.939. The predicted octanol–water partition coefficient (Wildman–Crippen LogP) is 2.55. The Morgan fingerprint density at radius 3 is 2.56 bits per heavy atom. The molecule has 0 radical (unpaired) electrons. The average Bonchev–Trinajstić information content (AvgIpc) is 2.17. The van der Waals surface area contributed by atoms with E-state index in [2.05, 4.69) is 23.2 Å². The third-order valence-corrected chi connectivity index (χ3v) is 3.08. The Morgan fingerprint density at radius 1 is 1.44 bits per heavy atom. The van der Waals surface area contributed by atoms with E-state index in [0.717, 1.165) is 12.8 Å². The van der Waals surface area contributed by atoms with E-state index in [1.807, 2.05) is 34.9 Å². The molecule has 18 heavy (non-hydrogen) atoms. The van der Waals surface area contributed by atoms with Crippen molar-refractivity contribution in [2.75, 3.05) is 14.1 Å². The molecule has 2 atom stereocenters. The fourth-order valence-electron chi connectivity index (χ4n) is 2.20. The molecular weight excluding hydrogens is 228 g/mol. The molecule has 1 aliphatic rings. The molecule has 0 spiro atoms. The van der Waals surface area contributed by atoms with Gasteiger partial charge in [0.1, 0.15) is 5.60 Å². The van der Waals surface area contributed by atoms with Crippen LogP contribution >= 0.6 is 0 Å². The first-order valence-corrected chi connectivity index (χ1v) is 6.50. The van der Waals surface area contributed by atoms with Crippen LogP contribution in [0.3, 0.4) is 0 Å². The Morgan fingerprint density at radius 2 is 2.06 bits per heavy atom. The summed E-state index contributed by atoms with van der Waals surface area (Å²) in [6.07, 6.45) is 3.73. The molecule has 1 N–H and O–H groups in total. The van der Waals surface area contributed by atoms with Gasteiger partial charge in [0.15, 0.2) is 0 Å². The zero-order valence-electron chi connectivity index (χ0n) is 12.4. The zero-order chi connectivity index (χ0) is 13.9. The Hall–Kier alpha value is -1.03. The lowest BCUT2D eigenvalue weighted by molar-refractivity contribution is 0.0472. The summed E-state index contributed by atoms with van der Waals surface area (Å²) in [5.74, 6) is 0. The van der Waals surface area contributed by atoms with Crippen LogP contribution in [-0.4, -0.2) is 42.8 Å². The summed E-state index contributed by atoms with van der Waals surface area (Å²) >= 11 is 0. The van der Waals surface area contributed by atoms with Crippen molar-refractivity contribution in [1.29, 1.82) is 0 Å². The summed E-state index contributed by atoms with van der Waals surface area (Å²) in [6.45, 7) is 7.77. The molecule has 0 aromatic heterocycles. The number of rotatable bonds is 2. The smallest absolute Gasteiger partial charge is 0.407 e. The van der Waals surface area contributed by atoms with Gasteiger partial charge in [0.2, 0.25) is 0 Å². The fraction of sp³-hybridized carbons (Fsp3) is 0.786. The molecule has 1 amide bonds. The standard InChI is InChI=1S/C14H26N2O2/c1-10-7-8-11(12(9-10)16(5)6)15-13(17)18-14(2,3)4/h7,11-12H,8-9H2,1-6H3,(H,15,17)/t11?,12-/m0/s1. The van der Waals surface area contributed by atoms with Crippen LogP contribution in [0, 0.1) is 0 Å². The lowest BCUT2D eigenvalue weighted by atomic mass is 9.90. The van der Waals surface area contributed by atoms with Gasteiger partial charge in [0, 0.05) is 6.04 Å². The molecule has 1 rings (SSSR count). The molecule has 0 aromatic rings. The Balaban J connectivity index is 2.62. The molecule has 0 aromatic carbocycles. The Kier molecular flexibility index (Phi) is 4.79. The molecule has 0 saturated carbocycles. The third-order valence-electron chi connectivity index (χ3n) is 3.08. The maximum Gasteiger partial charge on any atom is 0.407 e. The van der Waals surface area contributed by atoms with Crippen molar-refractivity contribution < 1.29 is 9.53 Å². The maximum atomic E-state index is 11.8. The first-order chi connectivity index (χ1) is 8.19. The van der Waals surface area contributed by atoms with E-state index in [4.69, 9.17) is 4.74 Å². The van der Waals surface area contributed by atoms with Crippen molar-refractivity contribution in [2.45, 2.75) is 58.2 Å². The number of ether oxygens (including phenoxy) is 1. The molecule has 4 nitrogen and oxygen atoms in total. The molecular formula is C14H26N2O2. The van der Waals surface area contributed by atoms with Crippen molar-refractivity contribution in [3.05, 3.63) is 11.6 Å². The molecule has 0 saturated heterocycles. The number of hydrogen-bond donors (Lipinski definition) is 1. The average molecular weight is 254 g/mol. The van der Waals surface area contributed by atoms with Crippen LogP contribution in [0.4, 0.5) is 4.79 Å². The first-order valence-electron chi connectivity index (χ1n) is 6.50. The number of alkyl carbamates (subject to hydrolysis) is 1. The van der Waals surface area contributed by atoms with Crippen molar-refractivity contribution in [2.24, 2.45) is 0 Å². The van der Waals surface area contributed by atoms with Gasteiger partial charge in [-0.15, -0.1) is 0 Å². The van der Waals surface area contributed by atoms with Crippen molar-refractivity contribution >= 4 is 6.09 Å². The second-order valence-corrected chi connectivity index (χ2v) is 6.27. The lowest BCUT2D eigenvalue weighted by Crippen LogP contribution is -2.51. The van der Waals surface area contributed by atoms with Crippen LogP contribution in [-0.2, 0) is 4.74 Å². The summed E-state index contributed by atoms with van der Waals surface area (Å²) in [4.78, 5) is 14.0. The van der Waals surface area contributed by atoms with E-state index in [1.54, 1.807) is 0 Å². The normalized spacial score (nSPS) is 24.7. The minimum atomic E-state index is -0.446. The second-order valence-electron chi connectivity index (χ2n) is 6.27. The third kappa shape index (κ3) is 4.69. The fourth-order valence-corrected chi connectivity index (χ4v) is 2.20. The highest BCUT2D eigenvalue weighted by molar-refractivity contribution is 5.68. The zero-order valence-corrected chi connectivity index (χ0v) is 12.4. The summed E-state index contributed by atoms with van der Waals surface area (Å²) < 4.78 is 5.31. The van der Waals surface area contributed by atoms with E-state index >= 15 is 0 Å². The van der Waals surface area contributed by atoms with E-state index in [9.17, 15) is 4.79 Å². The van der Waals surface area contributed by atoms with E-state index < -0.39 is 5.60 Å². The van der Waals surface area contributed by atoms with Crippen LogP contribution < -0.4 is 5.32 Å². The Bertz CT molecular complexity index is 329. The number of carbonyl (C=O) groups is 1. The van der Waals surface area contributed by atoms with Gasteiger partial charge in [0.05, 0.1) is 6.04 Å². The van der Waals surface area contributed by atoms with Crippen molar-refractivity contribution in [3.8, 4) is 0 Å².